The van der Waals surface area contributed by atoms with E-state index >= 15 is 0 Å². The van der Waals surface area contributed by atoms with Gasteiger partial charge in [0.25, 0.3) is 0 Å². The third-order valence-electron chi connectivity index (χ3n) is 4.16. The fourth-order valence-electron chi connectivity index (χ4n) is 2.42. The Morgan fingerprint density at radius 3 is 2.32 bits per heavy atom. The number of nitrogens with one attached hydrogen (secondary N) is 1. The maximum Gasteiger partial charge on any atom is 0.407 e. The van der Waals surface area contributed by atoms with E-state index in [1.807, 2.05) is 18.2 Å². The van der Waals surface area contributed by atoms with E-state index in [1.54, 1.807) is 32.9 Å². The Hall–Kier alpha value is -2.20. The molecule has 0 bridgehead atoms. The molecule has 0 aromatic heterocycles. The molecule has 1 aromatic rings. The number of rotatable bonds is 5. The first kappa shape index (κ1) is 22.1. The molecule has 0 aliphatic carbocycles. The van der Waals surface area contributed by atoms with Gasteiger partial charge in [-0.3, -0.25) is 4.79 Å². The van der Waals surface area contributed by atoms with Gasteiger partial charge >= 0.3 is 12.1 Å². The van der Waals surface area contributed by atoms with Crippen molar-refractivity contribution < 1.29 is 39.1 Å². The Kier molecular flexibility index (Phi) is 7.36. The van der Waals surface area contributed by atoms with Gasteiger partial charge in [0.15, 0.2) is 0 Å². The molecule has 1 amide bonds. The van der Waals surface area contributed by atoms with Crippen LogP contribution in [0.4, 0.5) is 4.79 Å². The molecule has 0 spiro atoms. The minimum atomic E-state index is -1.62. The molecule has 1 heterocycles. The zero-order valence-electron chi connectivity index (χ0n) is 16.1. The molecule has 1 aromatic carbocycles. The van der Waals surface area contributed by atoms with E-state index in [2.05, 4.69) is 5.32 Å². The molecular weight excluding hydrogens is 370 g/mol. The van der Waals surface area contributed by atoms with Gasteiger partial charge in [-0.25, -0.2) is 4.79 Å². The number of alkyl carbamates (subject to hydrolysis) is 1. The number of esters is 1. The van der Waals surface area contributed by atoms with Crippen molar-refractivity contribution in [3.05, 3.63) is 35.9 Å². The van der Waals surface area contributed by atoms with Crippen LogP contribution in [-0.2, 0) is 25.6 Å². The van der Waals surface area contributed by atoms with Crippen LogP contribution in [0.2, 0.25) is 0 Å². The largest absolute Gasteiger partial charge is 0.445 e. The molecule has 0 saturated carbocycles. The first-order chi connectivity index (χ1) is 13.1. The third-order valence-corrected chi connectivity index (χ3v) is 4.16. The first-order valence-electron chi connectivity index (χ1n) is 8.95. The Morgan fingerprint density at radius 1 is 1.07 bits per heavy atom. The third kappa shape index (κ3) is 5.90. The average Bonchev–Trinajstić information content (AvgIpc) is 2.65. The minimum absolute atomic E-state index is 0.0634. The molecular formula is C19H27NO8. The Bertz CT molecular complexity index is 660. The molecule has 156 valence electrons. The van der Waals surface area contributed by atoms with Gasteiger partial charge in [-0.05, 0) is 26.3 Å². The summed E-state index contributed by atoms with van der Waals surface area (Å²) >= 11 is 0. The highest BCUT2D eigenvalue weighted by molar-refractivity contribution is 5.75. The Balaban J connectivity index is 1.88. The van der Waals surface area contributed by atoms with Crippen molar-refractivity contribution in [2.75, 3.05) is 6.54 Å². The lowest BCUT2D eigenvalue weighted by Gasteiger charge is -2.40. The second kappa shape index (κ2) is 9.33. The van der Waals surface area contributed by atoms with E-state index in [4.69, 9.17) is 14.2 Å². The van der Waals surface area contributed by atoms with Crippen molar-refractivity contribution in [3.63, 3.8) is 0 Å². The summed E-state index contributed by atoms with van der Waals surface area (Å²) in [4.78, 5) is 23.8. The molecule has 2 rings (SSSR count). The van der Waals surface area contributed by atoms with E-state index in [-0.39, 0.29) is 13.2 Å². The molecule has 1 saturated heterocycles. The lowest BCUT2D eigenvalue weighted by Crippen LogP contribution is -2.61. The van der Waals surface area contributed by atoms with Gasteiger partial charge in [-0.1, -0.05) is 30.3 Å². The summed E-state index contributed by atoms with van der Waals surface area (Å²) in [7, 11) is 0. The molecule has 1 fully saturated rings. The molecule has 0 unspecified atom stereocenters. The summed E-state index contributed by atoms with van der Waals surface area (Å²) in [5.41, 5.74) is -0.0432. The fourth-order valence-corrected chi connectivity index (χ4v) is 2.42. The van der Waals surface area contributed by atoms with Gasteiger partial charge in [0.05, 0.1) is 5.41 Å². The number of ether oxygens (including phenoxy) is 3. The van der Waals surface area contributed by atoms with E-state index in [0.717, 1.165) is 5.56 Å². The van der Waals surface area contributed by atoms with Crippen LogP contribution in [0.25, 0.3) is 0 Å². The Morgan fingerprint density at radius 2 is 1.71 bits per heavy atom. The molecule has 28 heavy (non-hydrogen) atoms. The highest BCUT2D eigenvalue weighted by Gasteiger charge is 2.46. The van der Waals surface area contributed by atoms with Crippen molar-refractivity contribution in [1.82, 2.24) is 5.32 Å². The first-order valence-corrected chi connectivity index (χ1v) is 8.95. The number of hydrogen-bond donors (Lipinski definition) is 4. The number of carbonyl (C=O) groups excluding carboxylic acids is 2. The smallest absolute Gasteiger partial charge is 0.407 e. The van der Waals surface area contributed by atoms with Crippen LogP contribution >= 0.6 is 0 Å². The van der Waals surface area contributed by atoms with Crippen LogP contribution in [-0.4, -0.2) is 64.6 Å². The van der Waals surface area contributed by atoms with Crippen LogP contribution in [0.5, 0.6) is 0 Å². The van der Waals surface area contributed by atoms with Crippen molar-refractivity contribution >= 4 is 12.1 Å². The van der Waals surface area contributed by atoms with Crippen molar-refractivity contribution in [2.45, 2.75) is 58.1 Å². The maximum atomic E-state index is 12.0. The fraction of sp³-hybridized carbons (Fsp3) is 0.579. The van der Waals surface area contributed by atoms with Gasteiger partial charge in [0, 0.05) is 6.54 Å². The quantitative estimate of drug-likeness (QED) is 0.522. The highest BCUT2D eigenvalue weighted by Crippen LogP contribution is 2.25. The Labute approximate surface area is 163 Å². The van der Waals surface area contributed by atoms with Gasteiger partial charge in [-0.15, -0.1) is 0 Å². The number of benzene rings is 1. The maximum absolute atomic E-state index is 12.0. The monoisotopic (exact) mass is 397 g/mol. The van der Waals surface area contributed by atoms with Gasteiger partial charge in [-0.2, -0.15) is 0 Å². The van der Waals surface area contributed by atoms with Crippen LogP contribution in [0.3, 0.4) is 0 Å². The number of amides is 1. The number of aliphatic hydroxyl groups excluding tert-OH is 3. The molecule has 9 heteroatoms. The van der Waals surface area contributed by atoms with E-state index in [0.29, 0.717) is 0 Å². The molecule has 1 aliphatic rings. The van der Waals surface area contributed by atoms with E-state index < -0.39 is 48.2 Å². The summed E-state index contributed by atoms with van der Waals surface area (Å²) in [6.45, 7) is 4.71. The summed E-state index contributed by atoms with van der Waals surface area (Å²) in [6.07, 6.45) is -8.06. The summed E-state index contributed by atoms with van der Waals surface area (Å²) in [5.74, 6) is -0.644. The lowest BCUT2D eigenvalue weighted by molar-refractivity contribution is -0.289. The topological polar surface area (TPSA) is 135 Å². The highest BCUT2D eigenvalue weighted by atomic mass is 16.7. The molecule has 4 N–H and O–H groups in total. The van der Waals surface area contributed by atoms with E-state index in [1.165, 1.54) is 0 Å². The summed E-state index contributed by atoms with van der Waals surface area (Å²) < 4.78 is 15.5. The van der Waals surface area contributed by atoms with Gasteiger partial charge in [0.1, 0.15) is 31.0 Å². The van der Waals surface area contributed by atoms with Crippen LogP contribution in [0, 0.1) is 5.41 Å². The summed E-state index contributed by atoms with van der Waals surface area (Å²) in [6, 6.07) is 9.07. The van der Waals surface area contributed by atoms with Crippen molar-refractivity contribution in [1.29, 1.82) is 0 Å². The van der Waals surface area contributed by atoms with Crippen molar-refractivity contribution in [3.8, 4) is 0 Å². The zero-order valence-corrected chi connectivity index (χ0v) is 16.1. The number of carbonyl (C=O) groups is 2. The second-order valence-electron chi connectivity index (χ2n) is 7.61. The normalized spacial score (nSPS) is 27.7. The predicted octanol–water partition coefficient (Wildman–Crippen LogP) is 0.310. The zero-order chi connectivity index (χ0) is 20.9. The average molecular weight is 397 g/mol. The minimum Gasteiger partial charge on any atom is -0.445 e. The number of aliphatic hydroxyl groups is 3. The number of hydrogen-bond acceptors (Lipinski definition) is 8. The summed E-state index contributed by atoms with van der Waals surface area (Å²) in [5, 5.41) is 32.5. The van der Waals surface area contributed by atoms with E-state index in [9.17, 15) is 24.9 Å². The molecule has 1 aliphatic heterocycles. The predicted molar refractivity (Wildman–Crippen MR) is 96.9 cm³/mol. The van der Waals surface area contributed by atoms with Crippen LogP contribution in [0.1, 0.15) is 26.3 Å². The van der Waals surface area contributed by atoms with Gasteiger partial charge < -0.3 is 34.8 Å². The SMILES string of the molecule is CC(C)(C)C(=O)O[C@H]1O[C@H](CNC(=O)OCc2ccccc2)[C@H](O)[C@H](O)[C@@H]1O. The van der Waals surface area contributed by atoms with Crippen LogP contribution in [0.15, 0.2) is 30.3 Å². The lowest BCUT2D eigenvalue weighted by atomic mass is 9.96. The van der Waals surface area contributed by atoms with Crippen molar-refractivity contribution in [2.24, 2.45) is 5.41 Å². The van der Waals surface area contributed by atoms with Crippen LogP contribution < -0.4 is 5.32 Å². The second-order valence-corrected chi connectivity index (χ2v) is 7.61. The molecule has 9 nitrogen and oxygen atoms in total. The molecule has 0 radical (unpaired) electrons. The standard InChI is InChI=1S/C19H27NO8/c1-19(2,3)17(24)28-16-15(23)14(22)13(21)12(27-16)9-20-18(25)26-10-11-7-5-4-6-8-11/h4-8,12-16,21-23H,9-10H2,1-3H3,(H,20,25)/t12-,13+,14+,15+,16-/m1/s1. The molecule has 5 atom stereocenters. The van der Waals surface area contributed by atoms with Gasteiger partial charge in [0.2, 0.25) is 6.29 Å².